The van der Waals surface area contributed by atoms with Gasteiger partial charge in [-0.3, -0.25) is 4.79 Å². The normalized spacial score (nSPS) is 18.2. The molecule has 2 N–H and O–H groups in total. The molecule has 4 heterocycles. The highest BCUT2D eigenvalue weighted by Gasteiger charge is 2.27. The number of nitrogens with zero attached hydrogens (tertiary/aromatic N) is 6. The van der Waals surface area contributed by atoms with Gasteiger partial charge in [0, 0.05) is 55.7 Å². The highest BCUT2D eigenvalue weighted by molar-refractivity contribution is 9.10. The third-order valence-electron chi connectivity index (χ3n) is 5.85. The second kappa shape index (κ2) is 9.90. The Morgan fingerprint density at radius 3 is 2.71 bits per heavy atom. The highest BCUT2D eigenvalue weighted by Crippen LogP contribution is 2.31. The Hall–Kier alpha value is -3.31. The molecule has 0 aliphatic carbocycles. The number of carbonyl (C=O) groups excluding carboxylic acids is 1. The topological polar surface area (TPSA) is 108 Å². The molecular weight excluding hydrogens is 500 g/mol. The van der Waals surface area contributed by atoms with E-state index in [4.69, 9.17) is 14.7 Å². The first-order chi connectivity index (χ1) is 16.6. The van der Waals surface area contributed by atoms with Crippen molar-refractivity contribution in [3.63, 3.8) is 0 Å². The molecule has 2 aliphatic rings. The lowest BCUT2D eigenvalue weighted by Gasteiger charge is -2.28. The van der Waals surface area contributed by atoms with Gasteiger partial charge in [0.05, 0.1) is 23.2 Å². The summed E-state index contributed by atoms with van der Waals surface area (Å²) in [5, 5.41) is 7.18. The van der Waals surface area contributed by atoms with Gasteiger partial charge < -0.3 is 25.2 Å². The fourth-order valence-corrected chi connectivity index (χ4v) is 4.36. The summed E-state index contributed by atoms with van der Waals surface area (Å²) in [4.78, 5) is 34.7. The van der Waals surface area contributed by atoms with Crippen LogP contribution in [0.5, 0.6) is 0 Å². The third kappa shape index (κ3) is 4.95. The maximum Gasteiger partial charge on any atom is 0.247 e. The van der Waals surface area contributed by atoms with E-state index in [1.807, 2.05) is 18.2 Å². The Bertz CT molecular complexity index is 1200. The van der Waals surface area contributed by atoms with Gasteiger partial charge in [0.1, 0.15) is 5.82 Å². The fourth-order valence-electron chi connectivity index (χ4n) is 4.16. The molecule has 11 heteroatoms. The van der Waals surface area contributed by atoms with Gasteiger partial charge in [-0.1, -0.05) is 6.58 Å². The molecule has 1 aromatic carbocycles. The number of amides is 1. The van der Waals surface area contributed by atoms with Gasteiger partial charge in [0.15, 0.2) is 0 Å². The molecule has 5 rings (SSSR count). The van der Waals surface area contributed by atoms with Crippen molar-refractivity contribution >= 4 is 56.1 Å². The monoisotopic (exact) mass is 524 g/mol. The summed E-state index contributed by atoms with van der Waals surface area (Å²) >= 11 is 3.37. The smallest absolute Gasteiger partial charge is 0.247 e. The molecule has 0 radical (unpaired) electrons. The molecule has 176 valence electrons. The number of ether oxygens (including phenoxy) is 1. The molecule has 2 fully saturated rings. The third-order valence-corrected chi connectivity index (χ3v) is 6.26. The van der Waals surface area contributed by atoms with Gasteiger partial charge in [0.25, 0.3) is 0 Å². The van der Waals surface area contributed by atoms with E-state index < -0.39 is 0 Å². The average Bonchev–Trinajstić information content (AvgIpc) is 3.33. The van der Waals surface area contributed by atoms with E-state index in [1.54, 1.807) is 12.4 Å². The van der Waals surface area contributed by atoms with E-state index in [1.165, 1.54) is 6.08 Å². The first kappa shape index (κ1) is 22.5. The molecule has 1 amide bonds. The number of anilines is 4. The van der Waals surface area contributed by atoms with E-state index in [2.05, 4.69) is 52.9 Å². The van der Waals surface area contributed by atoms with Crippen LogP contribution in [0, 0.1) is 0 Å². The van der Waals surface area contributed by atoms with Gasteiger partial charge in [0.2, 0.25) is 17.8 Å². The second-order valence-electron chi connectivity index (χ2n) is 8.17. The Labute approximate surface area is 205 Å². The SMILES string of the molecule is C=CC(=O)Nc1ccc2c(N3CC[C@@H](Nc4ncc(Br)cn4)C3)nc(N3CCOCC3)nc2c1. The zero-order valence-electron chi connectivity index (χ0n) is 18.6. The lowest BCUT2D eigenvalue weighted by molar-refractivity contribution is -0.111. The van der Waals surface area contributed by atoms with Crippen molar-refractivity contribution in [2.45, 2.75) is 12.5 Å². The summed E-state index contributed by atoms with van der Waals surface area (Å²) in [5.74, 6) is 1.91. The van der Waals surface area contributed by atoms with Crippen LogP contribution < -0.4 is 20.4 Å². The first-order valence-electron chi connectivity index (χ1n) is 11.2. The van der Waals surface area contributed by atoms with Crippen molar-refractivity contribution in [2.75, 3.05) is 59.8 Å². The zero-order chi connectivity index (χ0) is 23.5. The number of carbonyl (C=O) groups is 1. The number of halogens is 1. The quantitative estimate of drug-likeness (QED) is 0.470. The van der Waals surface area contributed by atoms with E-state index >= 15 is 0 Å². The van der Waals surface area contributed by atoms with E-state index in [0.29, 0.717) is 30.8 Å². The van der Waals surface area contributed by atoms with Crippen LogP contribution in [0.25, 0.3) is 10.9 Å². The molecule has 0 spiro atoms. The zero-order valence-corrected chi connectivity index (χ0v) is 20.2. The molecule has 34 heavy (non-hydrogen) atoms. The lowest BCUT2D eigenvalue weighted by Crippen LogP contribution is -2.37. The standard InChI is InChI=1S/C23H25BrN8O2/c1-2-20(33)27-16-3-4-18-19(11-16)29-23(31-7-9-34-10-8-31)30-21(18)32-6-5-17(14-32)28-22-25-12-15(24)13-26-22/h2-4,11-13,17H,1,5-10,14H2,(H,27,33)(H,25,26,28)/t17-/m1/s1. The molecule has 2 aliphatic heterocycles. The summed E-state index contributed by atoms with van der Waals surface area (Å²) in [6, 6.07) is 5.91. The summed E-state index contributed by atoms with van der Waals surface area (Å²) in [6.07, 6.45) is 5.65. The van der Waals surface area contributed by atoms with Crippen LogP contribution in [-0.2, 0) is 9.53 Å². The molecule has 0 bridgehead atoms. The van der Waals surface area contributed by atoms with E-state index in [0.717, 1.165) is 53.8 Å². The Morgan fingerprint density at radius 2 is 1.94 bits per heavy atom. The van der Waals surface area contributed by atoms with Gasteiger partial charge in [-0.2, -0.15) is 4.98 Å². The van der Waals surface area contributed by atoms with Crippen molar-refractivity contribution in [1.82, 2.24) is 19.9 Å². The summed E-state index contributed by atoms with van der Waals surface area (Å²) in [6.45, 7) is 7.91. The van der Waals surface area contributed by atoms with Gasteiger partial charge in [-0.15, -0.1) is 0 Å². The van der Waals surface area contributed by atoms with Gasteiger partial charge in [-0.25, -0.2) is 15.0 Å². The number of morpholine rings is 1. The van der Waals surface area contributed by atoms with Crippen LogP contribution in [0.1, 0.15) is 6.42 Å². The van der Waals surface area contributed by atoms with Crippen molar-refractivity contribution in [3.8, 4) is 0 Å². The predicted molar refractivity (Wildman–Crippen MR) is 135 cm³/mol. The fraction of sp³-hybridized carbons (Fsp3) is 0.348. The Balaban J connectivity index is 1.45. The Kier molecular flexibility index (Phi) is 6.54. The van der Waals surface area contributed by atoms with Crippen molar-refractivity contribution in [2.24, 2.45) is 0 Å². The molecule has 10 nitrogen and oxygen atoms in total. The largest absolute Gasteiger partial charge is 0.378 e. The van der Waals surface area contributed by atoms with Crippen molar-refractivity contribution in [1.29, 1.82) is 0 Å². The maximum atomic E-state index is 11.8. The van der Waals surface area contributed by atoms with E-state index in [-0.39, 0.29) is 11.9 Å². The van der Waals surface area contributed by atoms with Crippen LogP contribution >= 0.6 is 15.9 Å². The summed E-state index contributed by atoms with van der Waals surface area (Å²) in [5.41, 5.74) is 1.45. The summed E-state index contributed by atoms with van der Waals surface area (Å²) < 4.78 is 6.35. The Morgan fingerprint density at radius 1 is 1.15 bits per heavy atom. The molecule has 2 saturated heterocycles. The van der Waals surface area contributed by atoms with Crippen LogP contribution in [0.2, 0.25) is 0 Å². The van der Waals surface area contributed by atoms with Crippen molar-refractivity contribution in [3.05, 3.63) is 47.7 Å². The van der Waals surface area contributed by atoms with Crippen LogP contribution in [-0.4, -0.2) is 71.3 Å². The van der Waals surface area contributed by atoms with Crippen molar-refractivity contribution < 1.29 is 9.53 Å². The number of fused-ring (bicyclic) bond motifs is 1. The number of aromatic nitrogens is 4. The number of rotatable bonds is 6. The van der Waals surface area contributed by atoms with Crippen LogP contribution in [0.3, 0.4) is 0 Å². The molecule has 2 aromatic heterocycles. The lowest BCUT2D eigenvalue weighted by atomic mass is 10.2. The number of benzene rings is 1. The van der Waals surface area contributed by atoms with Crippen LogP contribution in [0.4, 0.5) is 23.4 Å². The maximum absolute atomic E-state index is 11.8. The average molecular weight is 525 g/mol. The van der Waals surface area contributed by atoms with E-state index in [9.17, 15) is 4.79 Å². The first-order valence-corrected chi connectivity index (χ1v) is 12.0. The summed E-state index contributed by atoms with van der Waals surface area (Å²) in [7, 11) is 0. The minimum atomic E-state index is -0.259. The van der Waals surface area contributed by atoms with Gasteiger partial charge in [-0.05, 0) is 46.6 Å². The second-order valence-corrected chi connectivity index (χ2v) is 9.09. The predicted octanol–water partition coefficient (Wildman–Crippen LogP) is 2.83. The molecule has 0 saturated carbocycles. The molecule has 3 aromatic rings. The van der Waals surface area contributed by atoms with Crippen LogP contribution in [0.15, 0.2) is 47.7 Å². The highest BCUT2D eigenvalue weighted by atomic mass is 79.9. The number of hydrogen-bond donors (Lipinski definition) is 2. The number of nitrogens with one attached hydrogen (secondary N) is 2. The molecule has 0 unspecified atom stereocenters. The molecule has 1 atom stereocenters. The number of hydrogen-bond acceptors (Lipinski definition) is 9. The molecular formula is C23H25BrN8O2. The minimum Gasteiger partial charge on any atom is -0.378 e. The van der Waals surface area contributed by atoms with Gasteiger partial charge >= 0.3 is 0 Å². The minimum absolute atomic E-state index is 0.198.